The van der Waals surface area contributed by atoms with Gasteiger partial charge in [-0.1, -0.05) is 6.08 Å². The van der Waals surface area contributed by atoms with Crippen LogP contribution in [0.3, 0.4) is 0 Å². The fraction of sp³-hybridized carbons (Fsp3) is 0.455. The lowest BCUT2D eigenvalue weighted by Gasteiger charge is -2.01. The van der Waals surface area contributed by atoms with Gasteiger partial charge in [0, 0.05) is 34.3 Å². The molecule has 1 nitrogen and oxygen atoms in total. The molecule has 0 atom stereocenters. The number of thioether (sulfide) groups is 1. The minimum atomic E-state index is 0. The van der Waals surface area contributed by atoms with Crippen molar-refractivity contribution in [1.82, 2.24) is 5.32 Å². The minimum absolute atomic E-state index is 0. The van der Waals surface area contributed by atoms with E-state index >= 15 is 0 Å². The molecular formula is C11H18ClNS2. The SMILES string of the molecule is C=CCSCCNCc1ccc(C)s1.Cl. The number of halogens is 1. The average molecular weight is 264 g/mol. The normalized spacial score (nSPS) is 9.67. The number of nitrogens with one attached hydrogen (secondary N) is 1. The molecule has 0 saturated carbocycles. The van der Waals surface area contributed by atoms with Crippen LogP contribution in [0.1, 0.15) is 9.75 Å². The van der Waals surface area contributed by atoms with Gasteiger partial charge in [-0.25, -0.2) is 0 Å². The summed E-state index contributed by atoms with van der Waals surface area (Å²) in [6.07, 6.45) is 1.95. The summed E-state index contributed by atoms with van der Waals surface area (Å²) < 4.78 is 0. The van der Waals surface area contributed by atoms with Crippen molar-refractivity contribution in [2.45, 2.75) is 13.5 Å². The first-order valence-electron chi connectivity index (χ1n) is 4.77. The topological polar surface area (TPSA) is 12.0 Å². The van der Waals surface area contributed by atoms with Crippen molar-refractivity contribution in [1.29, 1.82) is 0 Å². The van der Waals surface area contributed by atoms with Gasteiger partial charge >= 0.3 is 0 Å². The van der Waals surface area contributed by atoms with Crippen molar-refractivity contribution in [3.05, 3.63) is 34.5 Å². The minimum Gasteiger partial charge on any atom is -0.311 e. The van der Waals surface area contributed by atoms with Crippen LogP contribution in [0, 0.1) is 6.92 Å². The summed E-state index contributed by atoms with van der Waals surface area (Å²) in [4.78, 5) is 2.82. The maximum absolute atomic E-state index is 3.69. The van der Waals surface area contributed by atoms with Crippen LogP contribution in [0.15, 0.2) is 24.8 Å². The molecule has 0 bridgehead atoms. The molecule has 86 valence electrons. The summed E-state index contributed by atoms with van der Waals surface area (Å²) >= 11 is 3.79. The standard InChI is InChI=1S/C11H17NS2.ClH/c1-3-7-13-8-6-12-9-11-5-4-10(2)14-11;/h3-5,12H,1,6-9H2,2H3;1H. The summed E-state index contributed by atoms with van der Waals surface area (Å²) in [5.41, 5.74) is 0. The van der Waals surface area contributed by atoms with E-state index in [0.29, 0.717) is 0 Å². The number of hydrogen-bond acceptors (Lipinski definition) is 3. The molecule has 0 aliphatic rings. The number of aryl methyl sites for hydroxylation is 1. The Morgan fingerprint density at radius 2 is 2.33 bits per heavy atom. The van der Waals surface area contributed by atoms with Gasteiger partial charge in [-0.15, -0.1) is 30.3 Å². The highest BCUT2D eigenvalue weighted by Gasteiger charge is 1.95. The Hall–Kier alpha value is 0.0400. The van der Waals surface area contributed by atoms with Crippen molar-refractivity contribution in [2.75, 3.05) is 18.1 Å². The van der Waals surface area contributed by atoms with Crippen molar-refractivity contribution in [2.24, 2.45) is 0 Å². The average Bonchev–Trinajstić information content (AvgIpc) is 2.58. The van der Waals surface area contributed by atoms with Gasteiger partial charge in [0.25, 0.3) is 0 Å². The second kappa shape index (κ2) is 9.28. The molecule has 0 aliphatic carbocycles. The lowest BCUT2D eigenvalue weighted by Crippen LogP contribution is -2.15. The molecule has 0 fully saturated rings. The molecule has 0 spiro atoms. The molecular weight excluding hydrogens is 246 g/mol. The van der Waals surface area contributed by atoms with Crippen LogP contribution in [0.4, 0.5) is 0 Å². The third-order valence-corrected chi connectivity index (χ3v) is 3.72. The Morgan fingerprint density at radius 1 is 1.53 bits per heavy atom. The highest BCUT2D eigenvalue weighted by molar-refractivity contribution is 7.99. The zero-order chi connectivity index (χ0) is 10.2. The second-order valence-corrected chi connectivity index (χ2v) is 5.58. The summed E-state index contributed by atoms with van der Waals surface area (Å²) in [5, 5.41) is 3.43. The first-order valence-corrected chi connectivity index (χ1v) is 6.74. The van der Waals surface area contributed by atoms with Gasteiger partial charge in [0.2, 0.25) is 0 Å². The Labute approximate surface area is 107 Å². The fourth-order valence-corrected chi connectivity index (χ4v) is 2.58. The van der Waals surface area contributed by atoms with Gasteiger partial charge in [-0.3, -0.25) is 0 Å². The van der Waals surface area contributed by atoms with Gasteiger partial charge < -0.3 is 5.32 Å². The highest BCUT2D eigenvalue weighted by Crippen LogP contribution is 2.14. The molecule has 0 unspecified atom stereocenters. The summed E-state index contributed by atoms with van der Waals surface area (Å²) in [7, 11) is 0. The number of hydrogen-bond donors (Lipinski definition) is 1. The van der Waals surface area contributed by atoms with Crippen LogP contribution in [-0.2, 0) is 6.54 Å². The van der Waals surface area contributed by atoms with Crippen LogP contribution >= 0.6 is 35.5 Å². The van der Waals surface area contributed by atoms with E-state index in [1.807, 2.05) is 29.2 Å². The highest BCUT2D eigenvalue weighted by atomic mass is 35.5. The zero-order valence-electron chi connectivity index (χ0n) is 8.99. The van der Waals surface area contributed by atoms with Crippen molar-refractivity contribution in [3.8, 4) is 0 Å². The predicted octanol–water partition coefficient (Wildman–Crippen LogP) is 3.49. The van der Waals surface area contributed by atoms with E-state index < -0.39 is 0 Å². The molecule has 1 N–H and O–H groups in total. The fourth-order valence-electron chi connectivity index (χ4n) is 1.10. The van der Waals surface area contributed by atoms with Crippen LogP contribution in [0.5, 0.6) is 0 Å². The first-order chi connectivity index (χ1) is 6.83. The lowest BCUT2D eigenvalue weighted by atomic mass is 10.4. The van der Waals surface area contributed by atoms with E-state index in [0.717, 1.165) is 24.6 Å². The van der Waals surface area contributed by atoms with E-state index in [-0.39, 0.29) is 12.4 Å². The van der Waals surface area contributed by atoms with E-state index in [2.05, 4.69) is 31.0 Å². The smallest absolute Gasteiger partial charge is 0.0300 e. The van der Waals surface area contributed by atoms with E-state index in [4.69, 9.17) is 0 Å². The van der Waals surface area contributed by atoms with Crippen LogP contribution in [0.2, 0.25) is 0 Å². The van der Waals surface area contributed by atoms with Crippen molar-refractivity contribution in [3.63, 3.8) is 0 Å². The van der Waals surface area contributed by atoms with Gasteiger partial charge in [0.05, 0.1) is 0 Å². The summed E-state index contributed by atoms with van der Waals surface area (Å²) in [5.74, 6) is 2.22. The van der Waals surface area contributed by atoms with Crippen molar-refractivity contribution >= 4 is 35.5 Å². The monoisotopic (exact) mass is 263 g/mol. The maximum atomic E-state index is 3.69. The Kier molecular flexibility index (Phi) is 9.30. The molecule has 0 amide bonds. The third kappa shape index (κ3) is 7.01. The second-order valence-electron chi connectivity index (χ2n) is 3.05. The molecule has 0 aliphatic heterocycles. The van der Waals surface area contributed by atoms with Gasteiger partial charge in [0.1, 0.15) is 0 Å². The third-order valence-electron chi connectivity index (χ3n) is 1.75. The quantitative estimate of drug-likeness (QED) is 0.597. The van der Waals surface area contributed by atoms with E-state index in [1.165, 1.54) is 9.75 Å². The molecule has 4 heteroatoms. The summed E-state index contributed by atoms with van der Waals surface area (Å²) in [6, 6.07) is 4.37. The van der Waals surface area contributed by atoms with Crippen LogP contribution in [-0.4, -0.2) is 18.1 Å². The maximum Gasteiger partial charge on any atom is 0.0300 e. The first kappa shape index (κ1) is 15.0. The van der Waals surface area contributed by atoms with Gasteiger partial charge in [-0.2, -0.15) is 11.8 Å². The lowest BCUT2D eigenvalue weighted by molar-refractivity contribution is 0.741. The summed E-state index contributed by atoms with van der Waals surface area (Å²) in [6.45, 7) is 7.92. The molecule has 1 aromatic rings. The molecule has 0 radical (unpaired) electrons. The van der Waals surface area contributed by atoms with E-state index in [9.17, 15) is 0 Å². The van der Waals surface area contributed by atoms with Crippen molar-refractivity contribution < 1.29 is 0 Å². The molecule has 1 heterocycles. The molecule has 0 saturated heterocycles. The number of rotatable bonds is 7. The van der Waals surface area contributed by atoms with E-state index in [1.54, 1.807) is 0 Å². The largest absolute Gasteiger partial charge is 0.311 e. The van der Waals surface area contributed by atoms with Crippen LogP contribution < -0.4 is 5.32 Å². The Balaban J connectivity index is 0.00000196. The predicted molar refractivity (Wildman–Crippen MR) is 75.5 cm³/mol. The van der Waals surface area contributed by atoms with Gasteiger partial charge in [0.15, 0.2) is 0 Å². The number of thiophene rings is 1. The molecule has 15 heavy (non-hydrogen) atoms. The van der Waals surface area contributed by atoms with Crippen LogP contribution in [0.25, 0.3) is 0 Å². The zero-order valence-corrected chi connectivity index (χ0v) is 11.4. The molecule has 1 rings (SSSR count). The molecule has 0 aromatic carbocycles. The Bertz CT molecular complexity index is 273. The van der Waals surface area contributed by atoms with Gasteiger partial charge in [-0.05, 0) is 19.1 Å². The Morgan fingerprint density at radius 3 is 2.93 bits per heavy atom. The molecule has 1 aromatic heterocycles.